The second kappa shape index (κ2) is 4.31. The number of allylic oxidation sites excluding steroid dienone is 1. The maximum atomic E-state index is 4.11. The van der Waals surface area contributed by atoms with Gasteiger partial charge in [0.1, 0.15) is 0 Å². The van der Waals surface area contributed by atoms with Gasteiger partial charge in [0.2, 0.25) is 0 Å². The molecule has 0 aromatic heterocycles. The molecule has 0 unspecified atom stereocenters. The smallest absolute Gasteiger partial charge is 0.0703 e. The predicted octanol–water partition coefficient (Wildman–Crippen LogP) is 4.60. The van der Waals surface area contributed by atoms with Gasteiger partial charge < -0.3 is 0 Å². The van der Waals surface area contributed by atoms with Gasteiger partial charge in [-0.3, -0.25) is 4.99 Å². The van der Waals surface area contributed by atoms with Crippen LogP contribution < -0.4 is 0 Å². The van der Waals surface area contributed by atoms with Crippen LogP contribution >= 0.6 is 0 Å². The molecule has 0 radical (unpaired) electrons. The fraction of sp³-hybridized carbons (Fsp3) is 0.133. The summed E-state index contributed by atoms with van der Waals surface area (Å²) in [5.74, 6) is 0. The Bertz CT molecular complexity index is 552. The summed E-state index contributed by atoms with van der Waals surface area (Å²) in [6.45, 7) is 9.85. The molecule has 1 heteroatoms. The van der Waals surface area contributed by atoms with Gasteiger partial charge in [0, 0.05) is 5.56 Å². The van der Waals surface area contributed by atoms with Crippen molar-refractivity contribution in [1.82, 2.24) is 0 Å². The number of aliphatic imine (C=N–C) groups is 1. The minimum Gasteiger partial charge on any atom is -0.264 e. The molecule has 0 fully saturated rings. The van der Waals surface area contributed by atoms with E-state index in [4.69, 9.17) is 0 Å². The van der Waals surface area contributed by atoms with E-state index in [1.165, 1.54) is 10.8 Å². The Morgan fingerprint density at radius 1 is 1.19 bits per heavy atom. The van der Waals surface area contributed by atoms with Crippen LogP contribution in [0.25, 0.3) is 16.3 Å². The van der Waals surface area contributed by atoms with E-state index in [-0.39, 0.29) is 0 Å². The first-order chi connectivity index (χ1) is 7.77. The van der Waals surface area contributed by atoms with Gasteiger partial charge in [-0.1, -0.05) is 43.8 Å². The van der Waals surface area contributed by atoms with E-state index in [1.54, 1.807) is 0 Å². The molecular weight excluding hydrogens is 194 g/mol. The third-order valence-corrected chi connectivity index (χ3v) is 2.86. The number of benzene rings is 2. The Morgan fingerprint density at radius 3 is 2.62 bits per heavy atom. The molecule has 0 aliphatic heterocycles. The van der Waals surface area contributed by atoms with Crippen LogP contribution in [0.15, 0.2) is 48.0 Å². The van der Waals surface area contributed by atoms with E-state index in [2.05, 4.69) is 43.4 Å². The zero-order chi connectivity index (χ0) is 11.5. The molecule has 2 aromatic carbocycles. The van der Waals surface area contributed by atoms with Crippen molar-refractivity contribution in [2.24, 2.45) is 4.99 Å². The molecule has 0 heterocycles. The average Bonchev–Trinajstić information content (AvgIpc) is 2.36. The van der Waals surface area contributed by atoms with Crippen molar-refractivity contribution in [3.05, 3.63) is 48.5 Å². The fourth-order valence-electron chi connectivity index (χ4n) is 1.94. The van der Waals surface area contributed by atoms with Crippen molar-refractivity contribution >= 4 is 28.8 Å². The van der Waals surface area contributed by atoms with Crippen LogP contribution in [0.5, 0.6) is 0 Å². The number of hydrogen-bond donors (Lipinski definition) is 0. The molecule has 0 amide bonds. The summed E-state index contributed by atoms with van der Waals surface area (Å²) in [7, 11) is 0. The summed E-state index contributed by atoms with van der Waals surface area (Å²) in [6.07, 6.45) is 0.927. The van der Waals surface area contributed by atoms with Crippen LogP contribution in [0.4, 0.5) is 5.69 Å². The van der Waals surface area contributed by atoms with Crippen molar-refractivity contribution < 1.29 is 0 Å². The van der Waals surface area contributed by atoms with Crippen LogP contribution in [0.2, 0.25) is 0 Å². The lowest BCUT2D eigenvalue weighted by Gasteiger charge is -2.11. The van der Waals surface area contributed by atoms with Crippen molar-refractivity contribution in [3.8, 4) is 0 Å². The molecule has 0 bridgehead atoms. The topological polar surface area (TPSA) is 12.4 Å². The number of nitrogens with zero attached hydrogens (tertiary/aromatic N) is 1. The van der Waals surface area contributed by atoms with E-state index in [0.717, 1.165) is 23.2 Å². The molecule has 0 saturated heterocycles. The van der Waals surface area contributed by atoms with E-state index in [9.17, 15) is 0 Å². The van der Waals surface area contributed by atoms with Gasteiger partial charge in [-0.25, -0.2) is 0 Å². The minimum atomic E-state index is 0.922. The molecule has 0 atom stereocenters. The summed E-state index contributed by atoms with van der Waals surface area (Å²) in [4.78, 5) is 4.08. The summed E-state index contributed by atoms with van der Waals surface area (Å²) >= 11 is 0. The molecule has 0 aliphatic rings. The first-order valence-electron chi connectivity index (χ1n) is 5.44. The molecule has 1 nitrogen and oxygen atoms in total. The third-order valence-electron chi connectivity index (χ3n) is 2.86. The Morgan fingerprint density at radius 2 is 1.94 bits per heavy atom. The zero-order valence-electron chi connectivity index (χ0n) is 9.53. The number of hydrogen-bond acceptors (Lipinski definition) is 1. The highest BCUT2D eigenvalue weighted by molar-refractivity contribution is 5.98. The highest BCUT2D eigenvalue weighted by Crippen LogP contribution is 2.34. The van der Waals surface area contributed by atoms with E-state index in [1.807, 2.05) is 18.2 Å². The molecule has 0 saturated carbocycles. The lowest BCUT2D eigenvalue weighted by Crippen LogP contribution is -1.85. The monoisotopic (exact) mass is 209 g/mol. The lowest BCUT2D eigenvalue weighted by molar-refractivity contribution is 1.25. The van der Waals surface area contributed by atoms with E-state index >= 15 is 0 Å². The molecular formula is C15H15N. The van der Waals surface area contributed by atoms with E-state index < -0.39 is 0 Å². The first-order valence-corrected chi connectivity index (χ1v) is 5.44. The Labute approximate surface area is 96.1 Å². The van der Waals surface area contributed by atoms with Crippen molar-refractivity contribution in [2.45, 2.75) is 13.3 Å². The van der Waals surface area contributed by atoms with Crippen LogP contribution in [-0.2, 0) is 0 Å². The predicted molar refractivity (Wildman–Crippen MR) is 72.5 cm³/mol. The van der Waals surface area contributed by atoms with Crippen molar-refractivity contribution in [1.29, 1.82) is 0 Å². The van der Waals surface area contributed by atoms with Crippen LogP contribution in [0, 0.1) is 0 Å². The molecule has 0 aliphatic carbocycles. The van der Waals surface area contributed by atoms with Crippen LogP contribution in [-0.4, -0.2) is 6.72 Å². The normalized spacial score (nSPS) is 10.3. The second-order valence-corrected chi connectivity index (χ2v) is 3.80. The second-order valence-electron chi connectivity index (χ2n) is 3.80. The molecule has 80 valence electrons. The van der Waals surface area contributed by atoms with Crippen LogP contribution in [0.1, 0.15) is 18.9 Å². The molecule has 0 N–H and O–H groups in total. The van der Waals surface area contributed by atoms with Gasteiger partial charge in [0.15, 0.2) is 0 Å². The van der Waals surface area contributed by atoms with Crippen LogP contribution in [0.3, 0.4) is 0 Å². The van der Waals surface area contributed by atoms with Gasteiger partial charge in [-0.05, 0) is 35.6 Å². The summed E-state index contributed by atoms with van der Waals surface area (Å²) in [5.41, 5.74) is 3.17. The first kappa shape index (κ1) is 10.6. The average molecular weight is 209 g/mol. The maximum absolute atomic E-state index is 4.11. The maximum Gasteiger partial charge on any atom is 0.0703 e. The molecule has 16 heavy (non-hydrogen) atoms. The van der Waals surface area contributed by atoms with Gasteiger partial charge in [-0.2, -0.15) is 0 Å². The third kappa shape index (κ3) is 1.65. The number of rotatable bonds is 3. The standard InChI is InChI=1S/C15H15N/c1-4-11(2)15-13-8-6-5-7-12(13)9-10-14(15)16-3/h5-10H,2-4H2,1H3. The van der Waals surface area contributed by atoms with Gasteiger partial charge in [0.25, 0.3) is 0 Å². The Kier molecular flexibility index (Phi) is 2.86. The Balaban J connectivity index is 2.83. The molecule has 2 aromatic rings. The van der Waals surface area contributed by atoms with Gasteiger partial charge in [-0.15, -0.1) is 0 Å². The van der Waals surface area contributed by atoms with Gasteiger partial charge in [0.05, 0.1) is 5.69 Å². The number of fused-ring (bicyclic) bond motifs is 1. The largest absolute Gasteiger partial charge is 0.264 e. The Hall–Kier alpha value is -1.89. The quantitative estimate of drug-likeness (QED) is 0.655. The molecule has 0 spiro atoms. The SMILES string of the molecule is C=Nc1ccc2ccccc2c1C(=C)CC. The summed E-state index contributed by atoms with van der Waals surface area (Å²) < 4.78 is 0. The van der Waals surface area contributed by atoms with Crippen molar-refractivity contribution in [3.63, 3.8) is 0 Å². The lowest BCUT2D eigenvalue weighted by atomic mass is 9.96. The van der Waals surface area contributed by atoms with E-state index in [0.29, 0.717) is 0 Å². The summed E-state index contributed by atoms with van der Waals surface area (Å²) in [6, 6.07) is 12.4. The zero-order valence-corrected chi connectivity index (χ0v) is 9.53. The highest BCUT2D eigenvalue weighted by Gasteiger charge is 2.08. The van der Waals surface area contributed by atoms with Gasteiger partial charge >= 0.3 is 0 Å². The fourth-order valence-corrected chi connectivity index (χ4v) is 1.94. The van der Waals surface area contributed by atoms with Crippen molar-refractivity contribution in [2.75, 3.05) is 0 Å². The highest BCUT2D eigenvalue weighted by atomic mass is 14.7. The summed E-state index contributed by atoms with van der Waals surface area (Å²) in [5, 5.41) is 2.43. The minimum absolute atomic E-state index is 0.922. The molecule has 2 rings (SSSR count).